The molecule has 0 heterocycles. The van der Waals surface area contributed by atoms with Gasteiger partial charge in [-0.1, -0.05) is 33.1 Å². The Bertz CT molecular complexity index is 293. The van der Waals surface area contributed by atoms with Gasteiger partial charge in [0.05, 0.1) is 5.75 Å². The zero-order chi connectivity index (χ0) is 12.7. The molecule has 0 unspecified atom stereocenters. The highest BCUT2D eigenvalue weighted by Gasteiger charge is 2.19. The molecule has 3 nitrogen and oxygen atoms in total. The van der Waals surface area contributed by atoms with Crippen LogP contribution in [-0.2, 0) is 9.84 Å². The van der Waals surface area contributed by atoms with Crippen molar-refractivity contribution in [3.8, 4) is 0 Å². The van der Waals surface area contributed by atoms with Gasteiger partial charge in [0.15, 0.2) is 9.84 Å². The van der Waals surface area contributed by atoms with Gasteiger partial charge in [-0.3, -0.25) is 0 Å². The van der Waals surface area contributed by atoms with E-state index >= 15 is 0 Å². The molecule has 102 valence electrons. The van der Waals surface area contributed by atoms with Crippen LogP contribution in [0, 0.1) is 11.8 Å². The van der Waals surface area contributed by atoms with Crippen LogP contribution >= 0.6 is 0 Å². The number of hydrogen-bond acceptors (Lipinski definition) is 3. The topological polar surface area (TPSA) is 46.2 Å². The van der Waals surface area contributed by atoms with Crippen LogP contribution in [0.15, 0.2) is 0 Å². The van der Waals surface area contributed by atoms with Crippen molar-refractivity contribution in [3.63, 3.8) is 0 Å². The zero-order valence-corrected chi connectivity index (χ0v) is 12.1. The van der Waals surface area contributed by atoms with Crippen molar-refractivity contribution in [1.29, 1.82) is 0 Å². The van der Waals surface area contributed by atoms with Crippen molar-refractivity contribution in [1.82, 2.24) is 5.32 Å². The maximum Gasteiger partial charge on any atom is 0.151 e. The summed E-state index contributed by atoms with van der Waals surface area (Å²) in [6.45, 7) is 5.60. The van der Waals surface area contributed by atoms with Gasteiger partial charge in [0.1, 0.15) is 0 Å². The first-order valence-corrected chi connectivity index (χ1v) is 8.80. The number of nitrogens with one attached hydrogen (secondary N) is 1. The van der Waals surface area contributed by atoms with Crippen LogP contribution in [0.25, 0.3) is 0 Å². The maximum atomic E-state index is 11.3. The first-order valence-electron chi connectivity index (χ1n) is 6.98. The minimum Gasteiger partial charge on any atom is -0.315 e. The fourth-order valence-electron chi connectivity index (χ4n) is 2.52. The normalized spacial score (nSPS) is 26.0. The molecule has 0 aliphatic heterocycles. The average Bonchev–Trinajstić information content (AvgIpc) is 2.35. The first-order chi connectivity index (χ1) is 8.07. The van der Waals surface area contributed by atoms with Gasteiger partial charge in [0.25, 0.3) is 0 Å². The minimum absolute atomic E-state index is 0.260. The third-order valence-corrected chi connectivity index (χ3v) is 5.71. The predicted molar refractivity (Wildman–Crippen MR) is 72.9 cm³/mol. The van der Waals surface area contributed by atoms with Crippen LogP contribution < -0.4 is 5.32 Å². The van der Waals surface area contributed by atoms with Gasteiger partial charge in [-0.2, -0.15) is 0 Å². The molecule has 1 rings (SSSR count). The van der Waals surface area contributed by atoms with Crippen molar-refractivity contribution >= 4 is 9.84 Å². The lowest BCUT2D eigenvalue weighted by Crippen LogP contribution is -2.30. The highest BCUT2D eigenvalue weighted by atomic mass is 32.2. The second-order valence-corrected chi connectivity index (χ2v) is 7.71. The molecule has 0 atom stereocenters. The van der Waals surface area contributed by atoms with Gasteiger partial charge in [-0.05, 0) is 31.2 Å². The summed E-state index contributed by atoms with van der Waals surface area (Å²) in [7, 11) is -2.80. The van der Waals surface area contributed by atoms with Gasteiger partial charge in [-0.15, -0.1) is 0 Å². The van der Waals surface area contributed by atoms with Crippen LogP contribution in [-0.4, -0.2) is 33.0 Å². The standard InChI is InChI=1S/C13H27NO2S/c1-3-12-5-7-13(8-6-12)11-14-9-10-17(15,16)4-2/h12-14H,3-11H2,1-2H3. The molecule has 0 aromatic heterocycles. The average molecular weight is 261 g/mol. The summed E-state index contributed by atoms with van der Waals surface area (Å²) in [4.78, 5) is 0. The number of sulfone groups is 1. The van der Waals surface area contributed by atoms with E-state index in [2.05, 4.69) is 12.2 Å². The van der Waals surface area contributed by atoms with Crippen LogP contribution in [0.3, 0.4) is 0 Å². The summed E-state index contributed by atoms with van der Waals surface area (Å²) in [5.41, 5.74) is 0. The fraction of sp³-hybridized carbons (Fsp3) is 1.00. The van der Waals surface area contributed by atoms with Crippen LogP contribution in [0.5, 0.6) is 0 Å². The minimum atomic E-state index is -2.80. The zero-order valence-electron chi connectivity index (χ0n) is 11.2. The molecular weight excluding hydrogens is 234 g/mol. The Labute approximate surface area is 106 Å². The molecule has 0 bridgehead atoms. The van der Waals surface area contributed by atoms with Crippen molar-refractivity contribution in [2.75, 3.05) is 24.6 Å². The lowest BCUT2D eigenvalue weighted by Gasteiger charge is -2.27. The second-order valence-electron chi connectivity index (χ2n) is 5.24. The van der Waals surface area contributed by atoms with E-state index in [1.54, 1.807) is 6.92 Å². The van der Waals surface area contributed by atoms with E-state index in [9.17, 15) is 8.42 Å². The Kier molecular flexibility index (Phi) is 6.49. The lowest BCUT2D eigenvalue weighted by atomic mass is 9.81. The van der Waals surface area contributed by atoms with Gasteiger partial charge < -0.3 is 5.32 Å². The van der Waals surface area contributed by atoms with Gasteiger partial charge >= 0.3 is 0 Å². The van der Waals surface area contributed by atoms with Crippen LogP contribution in [0.1, 0.15) is 46.0 Å². The van der Waals surface area contributed by atoms with Crippen molar-refractivity contribution in [2.24, 2.45) is 11.8 Å². The molecule has 1 aliphatic carbocycles. The SMILES string of the molecule is CCC1CCC(CNCCS(=O)(=O)CC)CC1. The molecule has 1 aliphatic rings. The van der Waals surface area contributed by atoms with Gasteiger partial charge in [0.2, 0.25) is 0 Å². The van der Waals surface area contributed by atoms with E-state index in [0.29, 0.717) is 6.54 Å². The summed E-state index contributed by atoms with van der Waals surface area (Å²) in [5.74, 6) is 2.25. The molecule has 0 spiro atoms. The summed E-state index contributed by atoms with van der Waals surface area (Å²) >= 11 is 0. The van der Waals surface area contributed by atoms with E-state index in [4.69, 9.17) is 0 Å². The Balaban J connectivity index is 2.08. The van der Waals surface area contributed by atoms with E-state index in [0.717, 1.165) is 18.4 Å². The molecule has 1 saturated carbocycles. The molecule has 1 fully saturated rings. The fourth-order valence-corrected chi connectivity index (χ4v) is 3.27. The Morgan fingerprint density at radius 2 is 1.65 bits per heavy atom. The van der Waals surface area contributed by atoms with Gasteiger partial charge in [0, 0.05) is 12.3 Å². The molecular formula is C13H27NO2S. The van der Waals surface area contributed by atoms with Crippen molar-refractivity contribution in [2.45, 2.75) is 46.0 Å². The lowest BCUT2D eigenvalue weighted by molar-refractivity contribution is 0.264. The third kappa shape index (κ3) is 5.87. The Hall–Kier alpha value is -0.0900. The largest absolute Gasteiger partial charge is 0.315 e. The van der Waals surface area contributed by atoms with Crippen molar-refractivity contribution < 1.29 is 8.42 Å². The highest BCUT2D eigenvalue weighted by molar-refractivity contribution is 7.91. The highest BCUT2D eigenvalue weighted by Crippen LogP contribution is 2.29. The predicted octanol–water partition coefficient (Wildman–Crippen LogP) is 2.23. The second kappa shape index (κ2) is 7.37. The monoisotopic (exact) mass is 261 g/mol. The van der Waals surface area contributed by atoms with Gasteiger partial charge in [-0.25, -0.2) is 8.42 Å². The van der Waals surface area contributed by atoms with Crippen LogP contribution in [0.4, 0.5) is 0 Å². The molecule has 0 saturated heterocycles. The molecule has 1 N–H and O–H groups in total. The molecule has 0 amide bonds. The molecule has 0 aromatic rings. The summed E-state index contributed by atoms with van der Waals surface area (Å²) < 4.78 is 22.6. The van der Waals surface area contributed by atoms with Crippen LogP contribution in [0.2, 0.25) is 0 Å². The summed E-state index contributed by atoms with van der Waals surface area (Å²) in [6.07, 6.45) is 6.65. The maximum absolute atomic E-state index is 11.3. The smallest absolute Gasteiger partial charge is 0.151 e. The summed E-state index contributed by atoms with van der Waals surface area (Å²) in [6, 6.07) is 0. The third-order valence-electron chi connectivity index (χ3n) is 4.01. The first kappa shape index (κ1) is 15.0. The van der Waals surface area contributed by atoms with E-state index in [1.807, 2.05) is 0 Å². The molecule has 0 aromatic carbocycles. The number of hydrogen-bond donors (Lipinski definition) is 1. The van der Waals surface area contributed by atoms with E-state index in [-0.39, 0.29) is 11.5 Å². The Morgan fingerprint density at radius 3 is 2.18 bits per heavy atom. The molecule has 17 heavy (non-hydrogen) atoms. The molecule has 4 heteroatoms. The Morgan fingerprint density at radius 1 is 1.06 bits per heavy atom. The quantitative estimate of drug-likeness (QED) is 0.715. The molecule has 0 radical (unpaired) electrons. The number of rotatable bonds is 7. The van der Waals surface area contributed by atoms with Crippen molar-refractivity contribution in [3.05, 3.63) is 0 Å². The van der Waals surface area contributed by atoms with E-state index in [1.165, 1.54) is 32.1 Å². The summed E-state index contributed by atoms with van der Waals surface area (Å²) in [5, 5.41) is 3.30. The van der Waals surface area contributed by atoms with E-state index < -0.39 is 9.84 Å².